The van der Waals surface area contributed by atoms with Crippen molar-refractivity contribution in [2.45, 2.75) is 0 Å². The maximum atomic E-state index is 5.20. The maximum absolute atomic E-state index is 5.20. The number of hydrogen-bond donors (Lipinski definition) is 2. The number of hydroxylamine groups is 2. The van der Waals surface area contributed by atoms with Crippen molar-refractivity contribution < 1.29 is 19.1 Å². The standard InChI is InChI=1S/C19H22N2O4/c1-14(16-5-9-18(22-3)10-6-16)20-24-13-25-21-15(2)17-7-11-19(23-4)12-8-17/h5-12,20-21H,1-2,13H2,3-4H3. The molecule has 0 radical (unpaired) electrons. The van der Waals surface area contributed by atoms with Gasteiger partial charge in [0.25, 0.3) is 0 Å². The lowest BCUT2D eigenvalue weighted by Gasteiger charge is -2.12. The van der Waals surface area contributed by atoms with Gasteiger partial charge in [-0.1, -0.05) is 13.2 Å². The highest BCUT2D eigenvalue weighted by molar-refractivity contribution is 5.62. The second-order valence-corrected chi connectivity index (χ2v) is 5.02. The van der Waals surface area contributed by atoms with E-state index in [1.807, 2.05) is 48.5 Å². The first-order chi connectivity index (χ1) is 12.1. The Labute approximate surface area is 147 Å². The predicted octanol–water partition coefficient (Wildman–Crippen LogP) is 3.35. The molecule has 25 heavy (non-hydrogen) atoms. The van der Waals surface area contributed by atoms with Gasteiger partial charge in [-0.3, -0.25) is 11.0 Å². The summed E-state index contributed by atoms with van der Waals surface area (Å²) in [5, 5.41) is 0. The molecule has 0 aliphatic carbocycles. The van der Waals surface area contributed by atoms with E-state index in [-0.39, 0.29) is 6.79 Å². The molecule has 0 amide bonds. The second kappa shape index (κ2) is 9.36. The Hall–Kier alpha value is -2.96. The molecule has 0 atom stereocenters. The molecule has 0 fully saturated rings. The van der Waals surface area contributed by atoms with Crippen LogP contribution in [0.4, 0.5) is 0 Å². The van der Waals surface area contributed by atoms with Gasteiger partial charge in [0.1, 0.15) is 11.5 Å². The van der Waals surface area contributed by atoms with Crippen LogP contribution >= 0.6 is 0 Å². The predicted molar refractivity (Wildman–Crippen MR) is 97.4 cm³/mol. The van der Waals surface area contributed by atoms with Gasteiger partial charge >= 0.3 is 0 Å². The van der Waals surface area contributed by atoms with Crippen molar-refractivity contribution in [3.8, 4) is 11.5 Å². The molecule has 0 bridgehead atoms. The molecule has 0 saturated carbocycles. The van der Waals surface area contributed by atoms with Crippen molar-refractivity contribution >= 4 is 11.4 Å². The Kier molecular flexibility index (Phi) is 6.88. The van der Waals surface area contributed by atoms with Crippen molar-refractivity contribution in [3.05, 3.63) is 72.8 Å². The topological polar surface area (TPSA) is 61.0 Å². The minimum atomic E-state index is -0.0374. The summed E-state index contributed by atoms with van der Waals surface area (Å²) in [6.45, 7) is 7.75. The summed E-state index contributed by atoms with van der Waals surface area (Å²) in [6.07, 6.45) is 0. The van der Waals surface area contributed by atoms with E-state index in [4.69, 9.17) is 19.1 Å². The highest BCUT2D eigenvalue weighted by atomic mass is 16.8. The number of rotatable bonds is 10. The van der Waals surface area contributed by atoms with E-state index in [0.717, 1.165) is 22.6 Å². The van der Waals surface area contributed by atoms with Crippen LogP contribution in [0, 0.1) is 0 Å². The van der Waals surface area contributed by atoms with Crippen LogP contribution in [0.15, 0.2) is 61.7 Å². The zero-order valence-electron chi connectivity index (χ0n) is 14.4. The first kappa shape index (κ1) is 18.4. The molecule has 0 spiro atoms. The fourth-order valence-corrected chi connectivity index (χ4v) is 1.96. The van der Waals surface area contributed by atoms with Gasteiger partial charge in [-0.05, 0) is 59.7 Å². The van der Waals surface area contributed by atoms with Crippen LogP contribution in [0.25, 0.3) is 11.4 Å². The van der Waals surface area contributed by atoms with Gasteiger partial charge in [-0.2, -0.15) is 0 Å². The fraction of sp³-hybridized carbons (Fsp3) is 0.158. The highest BCUT2D eigenvalue weighted by Gasteiger charge is 2.01. The third kappa shape index (κ3) is 5.56. The van der Waals surface area contributed by atoms with Crippen molar-refractivity contribution in [3.63, 3.8) is 0 Å². The van der Waals surface area contributed by atoms with Gasteiger partial charge in [0.2, 0.25) is 0 Å². The summed E-state index contributed by atoms with van der Waals surface area (Å²) < 4.78 is 10.2. The van der Waals surface area contributed by atoms with Crippen molar-refractivity contribution in [2.75, 3.05) is 21.0 Å². The molecule has 2 aromatic carbocycles. The summed E-state index contributed by atoms with van der Waals surface area (Å²) in [4.78, 5) is 10.4. The largest absolute Gasteiger partial charge is 0.497 e. The number of hydrogen-bond acceptors (Lipinski definition) is 6. The van der Waals surface area contributed by atoms with Gasteiger partial charge in [0, 0.05) is 0 Å². The van der Waals surface area contributed by atoms with Crippen LogP contribution in [-0.2, 0) is 9.68 Å². The Morgan fingerprint density at radius 3 is 1.40 bits per heavy atom. The summed E-state index contributed by atoms with van der Waals surface area (Å²) in [5.41, 5.74) is 8.43. The smallest absolute Gasteiger partial charge is 0.199 e. The van der Waals surface area contributed by atoms with Crippen LogP contribution < -0.4 is 20.4 Å². The Morgan fingerprint density at radius 1 is 0.720 bits per heavy atom. The monoisotopic (exact) mass is 342 g/mol. The van der Waals surface area contributed by atoms with Crippen LogP contribution in [-0.4, -0.2) is 21.0 Å². The van der Waals surface area contributed by atoms with Gasteiger partial charge in [0.05, 0.1) is 25.6 Å². The fourth-order valence-electron chi connectivity index (χ4n) is 1.96. The molecule has 0 heterocycles. The number of nitrogens with one attached hydrogen (secondary N) is 2. The quantitative estimate of drug-likeness (QED) is 0.392. The molecule has 0 aliphatic heterocycles. The number of benzene rings is 2. The van der Waals surface area contributed by atoms with E-state index >= 15 is 0 Å². The first-order valence-electron chi connectivity index (χ1n) is 7.56. The molecule has 132 valence electrons. The molecule has 0 aliphatic rings. The Balaban J connectivity index is 1.68. The van der Waals surface area contributed by atoms with Crippen LogP contribution in [0.5, 0.6) is 11.5 Å². The molecule has 6 heteroatoms. The molecule has 2 rings (SSSR count). The van der Waals surface area contributed by atoms with Gasteiger partial charge in [-0.15, -0.1) is 0 Å². The van der Waals surface area contributed by atoms with E-state index in [1.54, 1.807) is 14.2 Å². The highest BCUT2D eigenvalue weighted by Crippen LogP contribution is 2.16. The van der Waals surface area contributed by atoms with Gasteiger partial charge in [-0.25, -0.2) is 9.68 Å². The van der Waals surface area contributed by atoms with Crippen molar-refractivity contribution in [1.82, 2.24) is 11.0 Å². The van der Waals surface area contributed by atoms with Crippen LogP contribution in [0.2, 0.25) is 0 Å². The summed E-state index contributed by atoms with van der Waals surface area (Å²) in [7, 11) is 3.24. The van der Waals surface area contributed by atoms with Gasteiger partial charge < -0.3 is 9.47 Å². The Bertz CT molecular complexity index is 635. The number of methoxy groups -OCH3 is 2. The molecule has 2 N–H and O–H groups in total. The average Bonchev–Trinajstić information content (AvgIpc) is 2.67. The Morgan fingerprint density at radius 2 is 1.08 bits per heavy atom. The lowest BCUT2D eigenvalue weighted by atomic mass is 10.2. The van der Waals surface area contributed by atoms with E-state index in [9.17, 15) is 0 Å². The molecule has 0 saturated heterocycles. The zero-order chi connectivity index (χ0) is 18.1. The normalized spacial score (nSPS) is 10.0. The minimum Gasteiger partial charge on any atom is -0.497 e. The summed E-state index contributed by atoms with van der Waals surface area (Å²) >= 11 is 0. The molecule has 0 unspecified atom stereocenters. The molecule has 2 aromatic rings. The number of ether oxygens (including phenoxy) is 2. The molecule has 0 aromatic heterocycles. The maximum Gasteiger partial charge on any atom is 0.199 e. The van der Waals surface area contributed by atoms with E-state index in [2.05, 4.69) is 24.1 Å². The third-order valence-corrected chi connectivity index (χ3v) is 3.39. The van der Waals surface area contributed by atoms with Crippen LogP contribution in [0.3, 0.4) is 0 Å². The SMILES string of the molecule is C=C(NOCONC(=C)c1ccc(OC)cc1)c1ccc(OC)cc1. The molecular weight excluding hydrogens is 320 g/mol. The van der Waals surface area contributed by atoms with E-state index < -0.39 is 0 Å². The van der Waals surface area contributed by atoms with Crippen molar-refractivity contribution in [1.29, 1.82) is 0 Å². The second-order valence-electron chi connectivity index (χ2n) is 5.02. The minimum absolute atomic E-state index is 0.0374. The average molecular weight is 342 g/mol. The first-order valence-corrected chi connectivity index (χ1v) is 7.56. The summed E-state index contributed by atoms with van der Waals surface area (Å²) in [6, 6.07) is 14.9. The lowest BCUT2D eigenvalue weighted by Crippen LogP contribution is -2.20. The third-order valence-electron chi connectivity index (χ3n) is 3.39. The van der Waals surface area contributed by atoms with E-state index in [1.165, 1.54) is 0 Å². The van der Waals surface area contributed by atoms with Crippen molar-refractivity contribution in [2.24, 2.45) is 0 Å². The zero-order valence-corrected chi connectivity index (χ0v) is 14.4. The van der Waals surface area contributed by atoms with Crippen LogP contribution in [0.1, 0.15) is 11.1 Å². The van der Waals surface area contributed by atoms with Gasteiger partial charge in [0.15, 0.2) is 6.79 Å². The lowest BCUT2D eigenvalue weighted by molar-refractivity contribution is -0.107. The van der Waals surface area contributed by atoms with E-state index in [0.29, 0.717) is 11.4 Å². The summed E-state index contributed by atoms with van der Waals surface area (Å²) in [5.74, 6) is 1.56. The molecule has 6 nitrogen and oxygen atoms in total. The molecular formula is C19H22N2O4.